The number of nitrogens with one attached hydrogen (secondary N) is 2. The molecule has 2 aromatic carbocycles. The highest BCUT2D eigenvalue weighted by molar-refractivity contribution is 5.73. The van der Waals surface area contributed by atoms with Crippen LogP contribution in [0.5, 0.6) is 0 Å². The summed E-state index contributed by atoms with van der Waals surface area (Å²) in [5.41, 5.74) is 3.58. The van der Waals surface area contributed by atoms with E-state index in [1.54, 1.807) is 0 Å². The lowest BCUT2D eigenvalue weighted by Gasteiger charge is -2.27. The first-order valence-electron chi connectivity index (χ1n) is 10.2. The van der Waals surface area contributed by atoms with E-state index in [4.69, 9.17) is 0 Å². The molecule has 0 saturated carbocycles. The Kier molecular flexibility index (Phi) is 7.18. The Morgan fingerprint density at radius 2 is 1.87 bits per heavy atom. The summed E-state index contributed by atoms with van der Waals surface area (Å²) in [4.78, 5) is 11.6. The van der Waals surface area contributed by atoms with Crippen molar-refractivity contribution in [3.63, 3.8) is 0 Å². The van der Waals surface area contributed by atoms with Crippen LogP contribution in [0.25, 0.3) is 0 Å². The van der Waals surface area contributed by atoms with E-state index < -0.39 is 29.9 Å². The molecule has 3 rings (SSSR count). The van der Waals surface area contributed by atoms with Crippen molar-refractivity contribution in [2.24, 2.45) is 0 Å². The third-order valence-electron chi connectivity index (χ3n) is 5.55. The van der Waals surface area contributed by atoms with Gasteiger partial charge in [-0.2, -0.15) is 0 Å². The summed E-state index contributed by atoms with van der Waals surface area (Å²) in [6.45, 7) is 3.48. The number of benzene rings is 2. The highest BCUT2D eigenvalue weighted by Crippen LogP contribution is 2.32. The lowest BCUT2D eigenvalue weighted by atomic mass is 9.99. The van der Waals surface area contributed by atoms with E-state index in [1.807, 2.05) is 12.1 Å². The Hall–Kier alpha value is -2.35. The number of fused-ring (bicyclic) bond motifs is 1. The van der Waals surface area contributed by atoms with Gasteiger partial charge in [-0.15, -0.1) is 0 Å². The third kappa shape index (κ3) is 5.41. The highest BCUT2D eigenvalue weighted by atomic mass is 19.1. The predicted molar refractivity (Wildman–Crippen MR) is 110 cm³/mol. The molecule has 1 aliphatic rings. The molecule has 0 bridgehead atoms. The van der Waals surface area contributed by atoms with Gasteiger partial charge in [-0.1, -0.05) is 25.1 Å². The summed E-state index contributed by atoms with van der Waals surface area (Å²) < 4.78 is 27.0. The second kappa shape index (κ2) is 9.64. The molecule has 0 aromatic heterocycles. The van der Waals surface area contributed by atoms with Crippen molar-refractivity contribution in [3.05, 3.63) is 70.3 Å². The molecule has 2 unspecified atom stereocenters. The number of aliphatic hydroxyl groups excluding tert-OH is 2. The van der Waals surface area contributed by atoms with Crippen LogP contribution in [-0.2, 0) is 24.1 Å². The average molecular weight is 418 g/mol. The molecule has 4 atom stereocenters. The molecule has 1 amide bonds. The number of halogens is 2. The van der Waals surface area contributed by atoms with Crippen LogP contribution >= 0.6 is 0 Å². The zero-order valence-electron chi connectivity index (χ0n) is 17.2. The Labute approximate surface area is 175 Å². The van der Waals surface area contributed by atoms with Crippen molar-refractivity contribution in [1.82, 2.24) is 10.6 Å². The van der Waals surface area contributed by atoms with Crippen LogP contribution in [0.4, 0.5) is 8.78 Å². The summed E-state index contributed by atoms with van der Waals surface area (Å²) in [7, 11) is 0. The van der Waals surface area contributed by atoms with Crippen LogP contribution < -0.4 is 10.6 Å². The number of amides is 1. The first-order valence-corrected chi connectivity index (χ1v) is 10.2. The smallest absolute Gasteiger partial charge is 0.217 e. The van der Waals surface area contributed by atoms with Crippen LogP contribution in [0, 0.1) is 11.6 Å². The zero-order valence-corrected chi connectivity index (χ0v) is 17.2. The van der Waals surface area contributed by atoms with Gasteiger partial charge in [-0.25, -0.2) is 8.78 Å². The maximum Gasteiger partial charge on any atom is 0.217 e. The van der Waals surface area contributed by atoms with Gasteiger partial charge in [0.1, 0.15) is 11.6 Å². The minimum absolute atomic E-state index is 0.0703. The second-order valence-corrected chi connectivity index (χ2v) is 7.90. The topological polar surface area (TPSA) is 81.6 Å². The number of aryl methyl sites for hydroxylation is 1. The monoisotopic (exact) mass is 418 g/mol. The standard InChI is InChI=1S/C23H28F2N2O3/c1-3-14-4-5-16-10-21(29)23(19(16)8-14)26-12-22(30)20(27-13(2)28)9-15-6-17(24)11-18(25)7-15/h4-8,11,20-23,26,29-30H,3,9-10,12H2,1-2H3,(H,27,28)/t20-,21?,22-,23?/m0/s1. The van der Waals surface area contributed by atoms with Crippen molar-refractivity contribution in [3.8, 4) is 0 Å². The Morgan fingerprint density at radius 1 is 1.17 bits per heavy atom. The van der Waals surface area contributed by atoms with Crippen LogP contribution in [0.2, 0.25) is 0 Å². The number of hydrogen-bond acceptors (Lipinski definition) is 4. The first kappa shape index (κ1) is 22.3. The van der Waals surface area contributed by atoms with E-state index in [1.165, 1.54) is 24.6 Å². The van der Waals surface area contributed by atoms with Crippen molar-refractivity contribution in [2.75, 3.05) is 6.54 Å². The third-order valence-corrected chi connectivity index (χ3v) is 5.55. The van der Waals surface area contributed by atoms with Crippen molar-refractivity contribution < 1.29 is 23.8 Å². The SMILES string of the molecule is CCc1ccc2c(c1)C(NC[C@H](O)[C@H](Cc1cc(F)cc(F)c1)NC(C)=O)C(O)C2. The van der Waals surface area contributed by atoms with E-state index in [2.05, 4.69) is 23.6 Å². The molecule has 5 nitrogen and oxygen atoms in total. The Bertz CT molecular complexity index is 886. The van der Waals surface area contributed by atoms with Gasteiger partial charge in [-0.3, -0.25) is 4.79 Å². The Morgan fingerprint density at radius 3 is 2.50 bits per heavy atom. The summed E-state index contributed by atoms with van der Waals surface area (Å²) >= 11 is 0. The molecular weight excluding hydrogens is 390 g/mol. The van der Waals surface area contributed by atoms with Gasteiger partial charge < -0.3 is 20.8 Å². The molecular formula is C23H28F2N2O3. The average Bonchev–Trinajstić information content (AvgIpc) is 2.98. The van der Waals surface area contributed by atoms with Gasteiger partial charge in [0, 0.05) is 26.0 Å². The quantitative estimate of drug-likeness (QED) is 0.530. The number of carbonyl (C=O) groups excluding carboxylic acids is 1. The van der Waals surface area contributed by atoms with Crippen LogP contribution in [-0.4, -0.2) is 40.9 Å². The maximum atomic E-state index is 13.5. The molecule has 0 heterocycles. The van der Waals surface area contributed by atoms with Gasteiger partial charge >= 0.3 is 0 Å². The van der Waals surface area contributed by atoms with E-state index in [-0.39, 0.29) is 24.9 Å². The fraction of sp³-hybridized carbons (Fsp3) is 0.435. The molecule has 7 heteroatoms. The van der Waals surface area contributed by atoms with E-state index in [0.717, 1.165) is 23.6 Å². The summed E-state index contributed by atoms with van der Waals surface area (Å²) in [6, 6.07) is 8.21. The van der Waals surface area contributed by atoms with Crippen LogP contribution in [0.15, 0.2) is 36.4 Å². The number of hydrogen-bond donors (Lipinski definition) is 4. The van der Waals surface area contributed by atoms with E-state index in [0.29, 0.717) is 12.0 Å². The van der Waals surface area contributed by atoms with Gasteiger partial charge in [0.2, 0.25) is 5.91 Å². The number of carbonyl (C=O) groups is 1. The normalized spacial score (nSPS) is 19.9. The molecule has 0 aliphatic heterocycles. The lowest BCUT2D eigenvalue weighted by molar-refractivity contribution is -0.120. The fourth-order valence-electron chi connectivity index (χ4n) is 4.05. The summed E-state index contributed by atoms with van der Waals surface area (Å²) in [5, 5.41) is 27.0. The lowest BCUT2D eigenvalue weighted by Crippen LogP contribution is -2.49. The number of rotatable bonds is 8. The second-order valence-electron chi connectivity index (χ2n) is 7.90. The van der Waals surface area contributed by atoms with Gasteiger partial charge in [-0.05, 0) is 47.2 Å². The minimum Gasteiger partial charge on any atom is -0.391 e. The largest absolute Gasteiger partial charge is 0.391 e. The predicted octanol–water partition coefficient (Wildman–Crippen LogP) is 2.18. The first-order chi connectivity index (χ1) is 14.3. The van der Waals surface area contributed by atoms with Crippen LogP contribution in [0.3, 0.4) is 0 Å². The molecule has 162 valence electrons. The van der Waals surface area contributed by atoms with Gasteiger partial charge in [0.25, 0.3) is 0 Å². The maximum absolute atomic E-state index is 13.5. The van der Waals surface area contributed by atoms with Crippen molar-refractivity contribution in [2.45, 2.75) is 57.4 Å². The molecule has 0 fully saturated rings. The molecule has 30 heavy (non-hydrogen) atoms. The molecule has 0 saturated heterocycles. The fourth-order valence-corrected chi connectivity index (χ4v) is 4.05. The summed E-state index contributed by atoms with van der Waals surface area (Å²) in [6.07, 6.45) is -0.152. The molecule has 2 aromatic rings. The molecule has 0 spiro atoms. The minimum atomic E-state index is -1.02. The summed E-state index contributed by atoms with van der Waals surface area (Å²) in [5.74, 6) is -1.78. The van der Waals surface area contributed by atoms with E-state index >= 15 is 0 Å². The zero-order chi connectivity index (χ0) is 21.8. The Balaban J connectivity index is 1.70. The van der Waals surface area contributed by atoms with Gasteiger partial charge in [0.05, 0.1) is 24.3 Å². The van der Waals surface area contributed by atoms with Gasteiger partial charge in [0.15, 0.2) is 0 Å². The molecule has 4 N–H and O–H groups in total. The van der Waals surface area contributed by atoms with Crippen molar-refractivity contribution in [1.29, 1.82) is 0 Å². The van der Waals surface area contributed by atoms with Crippen molar-refractivity contribution >= 4 is 5.91 Å². The van der Waals surface area contributed by atoms with Crippen LogP contribution in [0.1, 0.15) is 42.1 Å². The molecule has 0 radical (unpaired) electrons. The highest BCUT2D eigenvalue weighted by Gasteiger charge is 2.32. The number of aliphatic hydroxyl groups is 2. The van der Waals surface area contributed by atoms with E-state index in [9.17, 15) is 23.8 Å². The molecule has 1 aliphatic carbocycles.